The number of anilines is 1. The van der Waals surface area contributed by atoms with E-state index in [4.69, 9.17) is 0 Å². The van der Waals surface area contributed by atoms with Crippen LogP contribution in [0, 0.1) is 6.92 Å². The second kappa shape index (κ2) is 6.17. The van der Waals surface area contributed by atoms with E-state index in [-0.39, 0.29) is 5.91 Å². The molecule has 5 nitrogen and oxygen atoms in total. The fourth-order valence-corrected chi connectivity index (χ4v) is 2.31. The van der Waals surface area contributed by atoms with Gasteiger partial charge in [-0.2, -0.15) is 5.10 Å². The molecule has 2 heterocycles. The minimum Gasteiger partial charge on any atom is -0.319 e. The van der Waals surface area contributed by atoms with Gasteiger partial charge < -0.3 is 5.32 Å². The van der Waals surface area contributed by atoms with Crippen LogP contribution in [0.15, 0.2) is 22.8 Å². The summed E-state index contributed by atoms with van der Waals surface area (Å²) in [5.41, 5.74) is 2.97. The highest BCUT2D eigenvalue weighted by Gasteiger charge is 2.15. The molecule has 0 aliphatic rings. The molecule has 0 aromatic carbocycles. The van der Waals surface area contributed by atoms with Gasteiger partial charge in [-0.25, -0.2) is 4.98 Å². The molecule has 0 bridgehead atoms. The van der Waals surface area contributed by atoms with E-state index in [0.717, 1.165) is 22.4 Å². The van der Waals surface area contributed by atoms with E-state index in [0.29, 0.717) is 17.9 Å². The Hall–Kier alpha value is -1.69. The van der Waals surface area contributed by atoms with Gasteiger partial charge in [0.2, 0.25) is 0 Å². The van der Waals surface area contributed by atoms with E-state index in [1.807, 2.05) is 32.9 Å². The summed E-state index contributed by atoms with van der Waals surface area (Å²) in [6.07, 6.45) is 0.812. The molecular weight excluding hydrogens is 320 g/mol. The van der Waals surface area contributed by atoms with E-state index in [1.54, 1.807) is 10.7 Å². The Bertz CT molecular complexity index is 636. The Morgan fingerprint density at radius 2 is 2.15 bits per heavy atom. The summed E-state index contributed by atoms with van der Waals surface area (Å²) in [4.78, 5) is 16.6. The number of hydrogen-bond acceptors (Lipinski definition) is 3. The van der Waals surface area contributed by atoms with Crippen molar-refractivity contribution in [1.29, 1.82) is 0 Å². The number of pyridine rings is 1. The van der Waals surface area contributed by atoms with Crippen LogP contribution >= 0.6 is 15.9 Å². The fraction of sp³-hybridized carbons (Fsp3) is 0.357. The number of aryl methyl sites for hydroxylation is 3. The summed E-state index contributed by atoms with van der Waals surface area (Å²) in [7, 11) is 0. The third-order valence-electron chi connectivity index (χ3n) is 3.03. The van der Waals surface area contributed by atoms with Gasteiger partial charge in [-0.15, -0.1) is 0 Å². The maximum absolute atomic E-state index is 12.3. The summed E-state index contributed by atoms with van der Waals surface area (Å²) < 4.78 is 2.47. The van der Waals surface area contributed by atoms with Gasteiger partial charge in [0.05, 0.1) is 17.1 Å². The molecule has 0 radical (unpaired) electrons. The molecule has 0 atom stereocenters. The summed E-state index contributed by atoms with van der Waals surface area (Å²) in [5, 5.41) is 7.26. The minimum absolute atomic E-state index is 0.161. The van der Waals surface area contributed by atoms with Crippen molar-refractivity contribution in [2.75, 3.05) is 5.32 Å². The second-order valence-electron chi connectivity index (χ2n) is 4.41. The molecule has 0 spiro atoms. The number of carbonyl (C=O) groups excluding carboxylic acids is 1. The van der Waals surface area contributed by atoms with Crippen molar-refractivity contribution < 1.29 is 4.79 Å². The lowest BCUT2D eigenvalue weighted by Gasteiger charge is -2.08. The number of amides is 1. The smallest absolute Gasteiger partial charge is 0.273 e. The average molecular weight is 337 g/mol. The first-order valence-corrected chi connectivity index (χ1v) is 7.35. The first kappa shape index (κ1) is 14.7. The largest absolute Gasteiger partial charge is 0.319 e. The summed E-state index contributed by atoms with van der Waals surface area (Å²) >= 11 is 3.30. The number of hydrogen-bond donors (Lipinski definition) is 1. The number of aromatic nitrogens is 3. The van der Waals surface area contributed by atoms with E-state index in [1.165, 1.54) is 0 Å². The van der Waals surface area contributed by atoms with Crippen LogP contribution in [0.1, 0.15) is 35.7 Å². The average Bonchev–Trinajstić information content (AvgIpc) is 2.85. The van der Waals surface area contributed by atoms with Crippen molar-refractivity contribution >= 4 is 27.5 Å². The van der Waals surface area contributed by atoms with Crippen molar-refractivity contribution in [1.82, 2.24) is 14.8 Å². The molecule has 0 aliphatic carbocycles. The lowest BCUT2D eigenvalue weighted by Crippen LogP contribution is -2.18. The maximum atomic E-state index is 12.3. The van der Waals surface area contributed by atoms with Crippen molar-refractivity contribution in [2.24, 2.45) is 0 Å². The standard InChI is InChI=1S/C14H17BrN4O/c1-4-10-8-12(19(5-2)18-10)14(20)17-11-6-7-13(15)16-9(11)3/h6-8H,4-5H2,1-3H3,(H,17,20). The van der Waals surface area contributed by atoms with Crippen molar-refractivity contribution in [3.63, 3.8) is 0 Å². The molecule has 0 saturated carbocycles. The molecule has 20 heavy (non-hydrogen) atoms. The van der Waals surface area contributed by atoms with Crippen LogP contribution in [-0.4, -0.2) is 20.7 Å². The highest BCUT2D eigenvalue weighted by Crippen LogP contribution is 2.17. The number of halogens is 1. The zero-order chi connectivity index (χ0) is 14.7. The molecule has 106 valence electrons. The predicted octanol–water partition coefficient (Wildman–Crippen LogP) is 3.18. The van der Waals surface area contributed by atoms with E-state index in [2.05, 4.69) is 31.3 Å². The number of rotatable bonds is 4. The van der Waals surface area contributed by atoms with E-state index < -0.39 is 0 Å². The molecule has 0 unspecified atom stereocenters. The molecule has 2 aromatic rings. The SMILES string of the molecule is CCc1cc(C(=O)Nc2ccc(Br)nc2C)n(CC)n1. The molecule has 1 amide bonds. The Morgan fingerprint density at radius 3 is 2.75 bits per heavy atom. The molecule has 0 fully saturated rings. The minimum atomic E-state index is -0.161. The van der Waals surface area contributed by atoms with E-state index in [9.17, 15) is 4.79 Å². The Morgan fingerprint density at radius 1 is 1.40 bits per heavy atom. The Balaban J connectivity index is 2.25. The fourth-order valence-electron chi connectivity index (χ4n) is 1.92. The van der Waals surface area contributed by atoms with Crippen molar-refractivity contribution in [3.05, 3.63) is 39.9 Å². The zero-order valence-electron chi connectivity index (χ0n) is 11.8. The van der Waals surface area contributed by atoms with Gasteiger partial charge in [-0.05, 0) is 54.4 Å². The molecule has 0 saturated heterocycles. The van der Waals surface area contributed by atoms with Gasteiger partial charge in [0.25, 0.3) is 5.91 Å². The van der Waals surface area contributed by atoms with Gasteiger partial charge in [0.15, 0.2) is 0 Å². The van der Waals surface area contributed by atoms with Crippen molar-refractivity contribution in [2.45, 2.75) is 33.7 Å². The zero-order valence-corrected chi connectivity index (χ0v) is 13.4. The first-order valence-electron chi connectivity index (χ1n) is 6.56. The lowest BCUT2D eigenvalue weighted by atomic mass is 10.2. The van der Waals surface area contributed by atoms with Gasteiger partial charge in [-0.3, -0.25) is 9.48 Å². The maximum Gasteiger partial charge on any atom is 0.273 e. The topological polar surface area (TPSA) is 59.8 Å². The first-order chi connectivity index (χ1) is 9.55. The quantitative estimate of drug-likeness (QED) is 0.872. The van der Waals surface area contributed by atoms with Crippen LogP contribution in [0.25, 0.3) is 0 Å². The van der Waals surface area contributed by atoms with Gasteiger partial charge >= 0.3 is 0 Å². The third-order valence-corrected chi connectivity index (χ3v) is 3.47. The highest BCUT2D eigenvalue weighted by molar-refractivity contribution is 9.10. The third kappa shape index (κ3) is 3.07. The van der Waals surface area contributed by atoms with Crippen LogP contribution in [0.2, 0.25) is 0 Å². The second-order valence-corrected chi connectivity index (χ2v) is 5.22. The van der Waals surface area contributed by atoms with Crippen molar-refractivity contribution in [3.8, 4) is 0 Å². The summed E-state index contributed by atoms with van der Waals surface area (Å²) in [6.45, 7) is 6.51. The lowest BCUT2D eigenvalue weighted by molar-refractivity contribution is 0.101. The number of carbonyl (C=O) groups is 1. The molecular formula is C14H17BrN4O. The van der Waals surface area contributed by atoms with Crippen LogP contribution < -0.4 is 5.32 Å². The molecule has 6 heteroatoms. The molecule has 1 N–H and O–H groups in total. The van der Waals surface area contributed by atoms with Crippen LogP contribution in [-0.2, 0) is 13.0 Å². The Labute approximate surface area is 126 Å². The van der Waals surface area contributed by atoms with Gasteiger partial charge in [-0.1, -0.05) is 6.92 Å². The molecule has 2 rings (SSSR count). The monoisotopic (exact) mass is 336 g/mol. The summed E-state index contributed by atoms with van der Waals surface area (Å²) in [6, 6.07) is 5.47. The molecule has 0 aliphatic heterocycles. The van der Waals surface area contributed by atoms with Crippen LogP contribution in [0.3, 0.4) is 0 Å². The number of nitrogens with zero attached hydrogens (tertiary/aromatic N) is 3. The molecule has 2 aromatic heterocycles. The normalized spacial score (nSPS) is 10.6. The van der Waals surface area contributed by atoms with Gasteiger partial charge in [0.1, 0.15) is 10.3 Å². The van der Waals surface area contributed by atoms with E-state index >= 15 is 0 Å². The highest BCUT2D eigenvalue weighted by atomic mass is 79.9. The number of nitrogens with one attached hydrogen (secondary N) is 1. The van der Waals surface area contributed by atoms with Gasteiger partial charge in [0, 0.05) is 6.54 Å². The predicted molar refractivity (Wildman–Crippen MR) is 81.9 cm³/mol. The van der Waals surface area contributed by atoms with Crippen LogP contribution in [0.5, 0.6) is 0 Å². The summed E-state index contributed by atoms with van der Waals surface area (Å²) in [5.74, 6) is -0.161. The van der Waals surface area contributed by atoms with Crippen LogP contribution in [0.4, 0.5) is 5.69 Å². The Kier molecular flexibility index (Phi) is 4.54.